The molecule has 0 aliphatic carbocycles. The normalized spacial score (nSPS) is 9.50. The molecule has 0 unspecified atom stereocenters. The molecule has 0 amide bonds. The minimum Gasteiger partial charge on any atom is -0.318 e. The largest absolute Gasteiger partial charge is 0.318 e. The molecule has 0 bridgehead atoms. The van der Waals surface area contributed by atoms with Crippen molar-refractivity contribution in [3.8, 4) is 0 Å². The van der Waals surface area contributed by atoms with E-state index < -0.39 is 0 Å². The molecule has 0 radical (unpaired) electrons. The number of benzene rings is 1. The van der Waals surface area contributed by atoms with Crippen LogP contribution in [0.2, 0.25) is 0 Å². The zero-order chi connectivity index (χ0) is 7.56. The average Bonchev–Trinajstić information content (AvgIpc) is 1.88. The summed E-state index contributed by atoms with van der Waals surface area (Å²) in [5.74, 6) is 0. The summed E-state index contributed by atoms with van der Waals surface area (Å²) in [7, 11) is 2.04. The van der Waals surface area contributed by atoms with Crippen molar-refractivity contribution in [3.63, 3.8) is 0 Å². The van der Waals surface area contributed by atoms with E-state index in [9.17, 15) is 0 Å². The van der Waals surface area contributed by atoms with Crippen molar-refractivity contribution >= 4 is 28.6 Å². The van der Waals surface area contributed by atoms with Crippen LogP contribution in [0, 0.1) is 6.92 Å². The summed E-state index contributed by atoms with van der Waals surface area (Å²) in [5, 5.41) is 0. The Kier molecular flexibility index (Phi) is 2.54. The number of aryl methyl sites for hydroxylation is 1. The van der Waals surface area contributed by atoms with E-state index >= 15 is 0 Å². The zero-order valence-electron chi connectivity index (χ0n) is 6.13. The smallest absolute Gasteiger partial charge is 0.0588 e. The van der Waals surface area contributed by atoms with Gasteiger partial charge in [-0.3, -0.25) is 0 Å². The van der Waals surface area contributed by atoms with Gasteiger partial charge in [-0.1, -0.05) is 18.2 Å². The van der Waals surface area contributed by atoms with Gasteiger partial charge in [-0.05, 0) is 18.6 Å². The maximum absolute atomic E-state index is 2.27. The highest BCUT2D eigenvalue weighted by Crippen LogP contribution is 2.19. The van der Waals surface area contributed by atoms with Gasteiger partial charge < -0.3 is 3.11 Å². The Hall–Kier alpha value is -0.250. The molecule has 1 aromatic carbocycles. The average molecular weight is 247 g/mol. The standard InChI is InChI=1S/C8H10IN/c1-7-5-3-4-6-8(7)10(2)9/h3-6H,1-2H3. The van der Waals surface area contributed by atoms with Crippen LogP contribution in [0.3, 0.4) is 0 Å². The zero-order valence-corrected chi connectivity index (χ0v) is 8.29. The lowest BCUT2D eigenvalue weighted by molar-refractivity contribution is 1.34. The summed E-state index contributed by atoms with van der Waals surface area (Å²) < 4.78 is 2.09. The lowest BCUT2D eigenvalue weighted by atomic mass is 10.2. The molecule has 0 heterocycles. The van der Waals surface area contributed by atoms with Crippen LogP contribution in [-0.2, 0) is 0 Å². The number of nitrogens with zero attached hydrogens (tertiary/aromatic N) is 1. The molecule has 0 aromatic heterocycles. The van der Waals surface area contributed by atoms with Gasteiger partial charge in [-0.2, -0.15) is 0 Å². The summed E-state index contributed by atoms with van der Waals surface area (Å²) in [6, 6.07) is 8.34. The van der Waals surface area contributed by atoms with Crippen molar-refractivity contribution in [1.82, 2.24) is 0 Å². The van der Waals surface area contributed by atoms with Crippen molar-refractivity contribution in [1.29, 1.82) is 0 Å². The molecule has 0 N–H and O–H groups in total. The van der Waals surface area contributed by atoms with Crippen LogP contribution in [0.15, 0.2) is 24.3 Å². The highest BCUT2D eigenvalue weighted by Gasteiger charge is 1.97. The summed E-state index contributed by atoms with van der Waals surface area (Å²) >= 11 is 2.27. The van der Waals surface area contributed by atoms with E-state index in [0.717, 1.165) is 0 Å². The molecule has 0 saturated carbocycles. The fraction of sp³-hybridized carbons (Fsp3) is 0.250. The predicted molar refractivity (Wildman–Crippen MR) is 53.6 cm³/mol. The van der Waals surface area contributed by atoms with E-state index in [0.29, 0.717) is 0 Å². The highest BCUT2D eigenvalue weighted by atomic mass is 127. The number of para-hydroxylation sites is 1. The summed E-state index contributed by atoms with van der Waals surface area (Å²) in [4.78, 5) is 0. The van der Waals surface area contributed by atoms with Gasteiger partial charge in [0, 0.05) is 12.7 Å². The SMILES string of the molecule is Cc1ccccc1N(C)I. The second-order valence-electron chi connectivity index (χ2n) is 2.26. The van der Waals surface area contributed by atoms with Gasteiger partial charge in [-0.25, -0.2) is 0 Å². The summed E-state index contributed by atoms with van der Waals surface area (Å²) in [5.41, 5.74) is 2.60. The van der Waals surface area contributed by atoms with Crippen LogP contribution < -0.4 is 3.11 Å². The van der Waals surface area contributed by atoms with E-state index in [1.165, 1.54) is 11.3 Å². The van der Waals surface area contributed by atoms with Crippen molar-refractivity contribution in [2.24, 2.45) is 0 Å². The van der Waals surface area contributed by atoms with Crippen molar-refractivity contribution in [2.75, 3.05) is 10.2 Å². The van der Waals surface area contributed by atoms with Crippen LogP contribution in [0.4, 0.5) is 5.69 Å². The first-order valence-electron chi connectivity index (χ1n) is 3.17. The molecule has 54 valence electrons. The maximum atomic E-state index is 2.27. The molecular weight excluding hydrogens is 237 g/mol. The van der Waals surface area contributed by atoms with Crippen molar-refractivity contribution < 1.29 is 0 Å². The quantitative estimate of drug-likeness (QED) is 0.544. The first-order chi connectivity index (χ1) is 4.72. The van der Waals surface area contributed by atoms with Gasteiger partial charge in [0.1, 0.15) is 0 Å². The molecule has 0 aliphatic heterocycles. The Morgan fingerprint density at radius 1 is 1.30 bits per heavy atom. The van der Waals surface area contributed by atoms with Gasteiger partial charge in [-0.15, -0.1) is 0 Å². The van der Waals surface area contributed by atoms with E-state index in [-0.39, 0.29) is 0 Å². The van der Waals surface area contributed by atoms with Crippen molar-refractivity contribution in [2.45, 2.75) is 6.92 Å². The van der Waals surface area contributed by atoms with Crippen LogP contribution >= 0.6 is 22.9 Å². The molecule has 0 aliphatic rings. The number of hydrogen-bond donors (Lipinski definition) is 0. The Labute approximate surface area is 75.5 Å². The first kappa shape index (κ1) is 7.85. The molecule has 10 heavy (non-hydrogen) atoms. The van der Waals surface area contributed by atoms with E-state index in [2.05, 4.69) is 57.2 Å². The number of hydrogen-bond acceptors (Lipinski definition) is 1. The van der Waals surface area contributed by atoms with Gasteiger partial charge in [0.25, 0.3) is 0 Å². The van der Waals surface area contributed by atoms with Crippen LogP contribution in [0.25, 0.3) is 0 Å². The molecular formula is C8H10IN. The third-order valence-electron chi connectivity index (χ3n) is 1.45. The topological polar surface area (TPSA) is 3.24 Å². The molecule has 1 nitrogen and oxygen atoms in total. The minimum absolute atomic E-state index is 1.28. The fourth-order valence-electron chi connectivity index (χ4n) is 0.909. The third-order valence-corrected chi connectivity index (χ3v) is 1.97. The van der Waals surface area contributed by atoms with Gasteiger partial charge in [0.05, 0.1) is 22.9 Å². The fourth-order valence-corrected chi connectivity index (χ4v) is 1.45. The predicted octanol–water partition coefficient (Wildman–Crippen LogP) is 2.78. The monoisotopic (exact) mass is 247 g/mol. The first-order valence-corrected chi connectivity index (χ1v) is 4.13. The van der Waals surface area contributed by atoms with E-state index in [1.807, 2.05) is 7.05 Å². The number of rotatable bonds is 1. The van der Waals surface area contributed by atoms with E-state index in [4.69, 9.17) is 0 Å². The van der Waals surface area contributed by atoms with Gasteiger partial charge >= 0.3 is 0 Å². The molecule has 0 fully saturated rings. The second kappa shape index (κ2) is 3.23. The Balaban J connectivity index is 3.03. The Morgan fingerprint density at radius 2 is 1.90 bits per heavy atom. The number of halogens is 1. The lowest BCUT2D eigenvalue weighted by Crippen LogP contribution is -2.00. The highest BCUT2D eigenvalue weighted by molar-refractivity contribution is 14.1. The Morgan fingerprint density at radius 3 is 2.30 bits per heavy atom. The molecule has 2 heteroatoms. The molecule has 1 aromatic rings. The summed E-state index contributed by atoms with van der Waals surface area (Å²) in [6.07, 6.45) is 0. The van der Waals surface area contributed by atoms with Crippen LogP contribution in [0.1, 0.15) is 5.56 Å². The van der Waals surface area contributed by atoms with Gasteiger partial charge in [0.2, 0.25) is 0 Å². The maximum Gasteiger partial charge on any atom is 0.0588 e. The van der Waals surface area contributed by atoms with Crippen molar-refractivity contribution in [3.05, 3.63) is 29.8 Å². The Bertz CT molecular complexity index is 220. The molecule has 0 atom stereocenters. The summed E-state index contributed by atoms with van der Waals surface area (Å²) in [6.45, 7) is 2.12. The van der Waals surface area contributed by atoms with Gasteiger partial charge in [0.15, 0.2) is 0 Å². The second-order valence-corrected chi connectivity index (χ2v) is 3.71. The number of anilines is 1. The molecule has 1 rings (SSSR count). The third kappa shape index (κ3) is 1.62. The van der Waals surface area contributed by atoms with Crippen LogP contribution in [0.5, 0.6) is 0 Å². The van der Waals surface area contributed by atoms with E-state index in [1.54, 1.807) is 0 Å². The molecule has 0 spiro atoms. The molecule has 0 saturated heterocycles. The lowest BCUT2D eigenvalue weighted by Gasteiger charge is -2.11. The van der Waals surface area contributed by atoms with Crippen LogP contribution in [-0.4, -0.2) is 7.05 Å². The minimum atomic E-state index is 1.28.